The van der Waals surface area contributed by atoms with Crippen molar-refractivity contribution in [2.45, 2.75) is 16.3 Å². The summed E-state index contributed by atoms with van der Waals surface area (Å²) in [6, 6.07) is 0. The normalized spacial score (nSPS) is 14.6. The van der Waals surface area contributed by atoms with Gasteiger partial charge in [0.05, 0.1) is 0 Å². The van der Waals surface area contributed by atoms with Crippen LogP contribution in [0.4, 0.5) is 0 Å². The fourth-order valence-electron chi connectivity index (χ4n) is 0.227. The molecule has 4 heteroatoms. The molecule has 0 radical (unpaired) electrons. The van der Waals surface area contributed by atoms with Crippen LogP contribution in [-0.2, 0) is 0 Å². The summed E-state index contributed by atoms with van der Waals surface area (Å²) in [5.74, 6) is 2.17. The van der Waals surface area contributed by atoms with Crippen LogP contribution in [0.2, 0.25) is 0 Å². The molecular formula is C5H5Cl3O. The Morgan fingerprint density at radius 1 is 1.56 bits per heavy atom. The second kappa shape index (κ2) is 3.53. The quantitative estimate of drug-likeness (QED) is 0.490. The van der Waals surface area contributed by atoms with Gasteiger partial charge in [0.25, 0.3) is 0 Å². The van der Waals surface area contributed by atoms with Gasteiger partial charge in [0, 0.05) is 6.42 Å². The van der Waals surface area contributed by atoms with Crippen LogP contribution in [-0.4, -0.2) is 15.0 Å². The van der Waals surface area contributed by atoms with Gasteiger partial charge >= 0.3 is 0 Å². The molecule has 1 N–H and O–H groups in total. The minimum Gasteiger partial charge on any atom is -0.388 e. The highest BCUT2D eigenvalue weighted by atomic mass is 35.6. The summed E-state index contributed by atoms with van der Waals surface area (Å²) in [5.41, 5.74) is 0. The molecule has 0 unspecified atom stereocenters. The van der Waals surface area contributed by atoms with Gasteiger partial charge in [0.2, 0.25) is 3.79 Å². The van der Waals surface area contributed by atoms with E-state index in [9.17, 15) is 0 Å². The molecule has 0 rings (SSSR count). The van der Waals surface area contributed by atoms with Gasteiger partial charge in [0.1, 0.15) is 6.10 Å². The Balaban J connectivity index is 3.76. The van der Waals surface area contributed by atoms with Crippen LogP contribution in [0.25, 0.3) is 0 Å². The second-order valence-corrected chi connectivity index (χ2v) is 3.83. The fourth-order valence-corrected chi connectivity index (χ4v) is 0.459. The number of hydrogen-bond donors (Lipinski definition) is 1. The fraction of sp³-hybridized carbons (Fsp3) is 0.600. The van der Waals surface area contributed by atoms with Crippen molar-refractivity contribution >= 4 is 34.8 Å². The number of terminal acetylenes is 1. The maximum absolute atomic E-state index is 8.85. The smallest absolute Gasteiger partial charge is 0.216 e. The average molecular weight is 187 g/mol. The van der Waals surface area contributed by atoms with E-state index in [-0.39, 0.29) is 6.42 Å². The first-order valence-electron chi connectivity index (χ1n) is 2.16. The molecule has 9 heavy (non-hydrogen) atoms. The molecule has 0 saturated carbocycles. The van der Waals surface area contributed by atoms with Crippen LogP contribution in [0, 0.1) is 12.3 Å². The Morgan fingerprint density at radius 2 is 2.00 bits per heavy atom. The average Bonchev–Trinajstić information content (AvgIpc) is 1.64. The van der Waals surface area contributed by atoms with Crippen molar-refractivity contribution in [1.29, 1.82) is 0 Å². The van der Waals surface area contributed by atoms with Crippen LogP contribution < -0.4 is 0 Å². The molecule has 52 valence electrons. The van der Waals surface area contributed by atoms with E-state index in [0.717, 1.165) is 0 Å². The number of rotatable bonds is 1. The predicted molar refractivity (Wildman–Crippen MR) is 39.7 cm³/mol. The Labute approximate surface area is 68.9 Å². The van der Waals surface area contributed by atoms with Crippen LogP contribution in [0.1, 0.15) is 6.42 Å². The van der Waals surface area contributed by atoms with Crippen LogP contribution >= 0.6 is 34.8 Å². The molecule has 0 spiro atoms. The van der Waals surface area contributed by atoms with E-state index in [0.29, 0.717) is 0 Å². The van der Waals surface area contributed by atoms with Crippen molar-refractivity contribution < 1.29 is 5.11 Å². The molecule has 0 fully saturated rings. The monoisotopic (exact) mass is 186 g/mol. The van der Waals surface area contributed by atoms with E-state index < -0.39 is 9.90 Å². The lowest BCUT2D eigenvalue weighted by Crippen LogP contribution is -2.24. The largest absolute Gasteiger partial charge is 0.388 e. The van der Waals surface area contributed by atoms with Crippen molar-refractivity contribution in [2.75, 3.05) is 0 Å². The van der Waals surface area contributed by atoms with Gasteiger partial charge in [-0.25, -0.2) is 0 Å². The molecule has 0 heterocycles. The van der Waals surface area contributed by atoms with Gasteiger partial charge < -0.3 is 5.11 Å². The van der Waals surface area contributed by atoms with Crippen molar-refractivity contribution in [3.05, 3.63) is 0 Å². The maximum atomic E-state index is 8.85. The topological polar surface area (TPSA) is 20.2 Å². The third kappa shape index (κ3) is 3.89. The van der Waals surface area contributed by atoms with Gasteiger partial charge in [-0.2, -0.15) is 0 Å². The first kappa shape index (κ1) is 9.39. The minimum absolute atomic E-state index is 0.0521. The van der Waals surface area contributed by atoms with Crippen molar-refractivity contribution in [1.82, 2.24) is 0 Å². The highest BCUT2D eigenvalue weighted by Gasteiger charge is 2.29. The summed E-state index contributed by atoms with van der Waals surface area (Å²) in [6.45, 7) is 0. The molecule has 0 saturated heterocycles. The first-order chi connectivity index (χ1) is 3.98. The van der Waals surface area contributed by atoms with Gasteiger partial charge in [-0.3, -0.25) is 0 Å². The Morgan fingerprint density at radius 3 is 2.11 bits per heavy atom. The van der Waals surface area contributed by atoms with E-state index in [4.69, 9.17) is 46.3 Å². The lowest BCUT2D eigenvalue weighted by atomic mass is 10.3. The second-order valence-electron chi connectivity index (χ2n) is 1.47. The molecule has 0 aromatic rings. The Hall–Kier alpha value is 0.390. The first-order valence-corrected chi connectivity index (χ1v) is 3.30. The van der Waals surface area contributed by atoms with Gasteiger partial charge in [-0.1, -0.05) is 34.8 Å². The van der Waals surface area contributed by atoms with Crippen molar-refractivity contribution in [3.8, 4) is 12.3 Å². The van der Waals surface area contributed by atoms with E-state index in [1.807, 2.05) is 0 Å². The molecule has 0 aliphatic rings. The van der Waals surface area contributed by atoms with Crippen LogP contribution in [0.5, 0.6) is 0 Å². The predicted octanol–water partition coefficient (Wildman–Crippen LogP) is 1.74. The Kier molecular flexibility index (Phi) is 3.68. The van der Waals surface area contributed by atoms with Gasteiger partial charge in [0.15, 0.2) is 0 Å². The van der Waals surface area contributed by atoms with Crippen LogP contribution in [0.15, 0.2) is 0 Å². The molecule has 1 atom stereocenters. The highest BCUT2D eigenvalue weighted by Crippen LogP contribution is 2.31. The third-order valence-electron chi connectivity index (χ3n) is 0.689. The standard InChI is InChI=1S/C5H5Cl3O/c1-2-3-4(9)5(6,7)8/h1,4,9H,3H2/t4-/m0/s1. The molecule has 0 amide bonds. The lowest BCUT2D eigenvalue weighted by molar-refractivity contribution is 0.184. The molecule has 0 bridgehead atoms. The van der Waals surface area contributed by atoms with Crippen molar-refractivity contribution in [2.24, 2.45) is 0 Å². The molecule has 1 nitrogen and oxygen atoms in total. The Bertz CT molecular complexity index is 121. The van der Waals surface area contributed by atoms with E-state index in [2.05, 4.69) is 5.92 Å². The maximum Gasteiger partial charge on any atom is 0.216 e. The summed E-state index contributed by atoms with van der Waals surface area (Å²) < 4.78 is -1.66. The molecule has 0 aliphatic carbocycles. The summed E-state index contributed by atoms with van der Waals surface area (Å²) in [7, 11) is 0. The van der Waals surface area contributed by atoms with E-state index in [1.165, 1.54) is 0 Å². The number of aliphatic hydroxyl groups excluding tert-OH is 1. The highest BCUT2D eigenvalue weighted by molar-refractivity contribution is 6.68. The summed E-state index contributed by atoms with van der Waals surface area (Å²) in [4.78, 5) is 0. The van der Waals surface area contributed by atoms with E-state index in [1.54, 1.807) is 0 Å². The van der Waals surface area contributed by atoms with Gasteiger partial charge in [-0.05, 0) is 0 Å². The number of halogens is 3. The molecule has 0 aliphatic heterocycles. The number of alkyl halides is 3. The SMILES string of the molecule is C#CC[C@H](O)C(Cl)(Cl)Cl. The lowest BCUT2D eigenvalue weighted by Gasteiger charge is -2.15. The summed E-state index contributed by atoms with van der Waals surface area (Å²) in [5, 5.41) is 8.85. The zero-order valence-corrected chi connectivity index (χ0v) is 6.71. The van der Waals surface area contributed by atoms with E-state index >= 15 is 0 Å². The minimum atomic E-state index is -1.66. The molecule has 0 aromatic carbocycles. The zero-order chi connectivity index (χ0) is 7.49. The van der Waals surface area contributed by atoms with Gasteiger partial charge in [-0.15, -0.1) is 12.3 Å². The molecule has 0 aromatic heterocycles. The number of hydrogen-bond acceptors (Lipinski definition) is 1. The summed E-state index contributed by atoms with van der Waals surface area (Å²) >= 11 is 15.7. The van der Waals surface area contributed by atoms with Crippen molar-refractivity contribution in [3.63, 3.8) is 0 Å². The summed E-state index contributed by atoms with van der Waals surface area (Å²) in [6.07, 6.45) is 3.82. The molecular weight excluding hydrogens is 182 g/mol. The third-order valence-corrected chi connectivity index (χ3v) is 1.44. The van der Waals surface area contributed by atoms with Crippen LogP contribution in [0.3, 0.4) is 0 Å². The zero-order valence-electron chi connectivity index (χ0n) is 4.44. The number of aliphatic hydroxyl groups is 1.